The first-order valence-corrected chi connectivity index (χ1v) is 9.94. The number of hydrogen-bond acceptors (Lipinski definition) is 4. The van der Waals surface area contributed by atoms with Gasteiger partial charge in [0.1, 0.15) is 5.01 Å². The molecule has 3 aromatic rings. The summed E-state index contributed by atoms with van der Waals surface area (Å²) in [7, 11) is 0. The monoisotopic (exact) mass is 376 g/mol. The van der Waals surface area contributed by atoms with Crippen molar-refractivity contribution in [2.45, 2.75) is 18.7 Å². The molecule has 2 aromatic carbocycles. The average molecular weight is 377 g/mol. The van der Waals surface area contributed by atoms with E-state index >= 15 is 0 Å². The van der Waals surface area contributed by atoms with Gasteiger partial charge < -0.3 is 5.32 Å². The highest BCUT2D eigenvalue weighted by molar-refractivity contribution is 7.99. The number of rotatable bonds is 6. The molecule has 0 spiro atoms. The topological polar surface area (TPSA) is 42.0 Å². The Hall–Kier alpha value is -1.56. The lowest BCUT2D eigenvalue weighted by Gasteiger charge is -2.15. The zero-order valence-corrected chi connectivity index (χ0v) is 15.5. The maximum absolute atomic E-state index is 12.1. The van der Waals surface area contributed by atoms with Gasteiger partial charge >= 0.3 is 0 Å². The fourth-order valence-corrected chi connectivity index (χ4v) is 4.56. The molecule has 3 rings (SSSR count). The first-order valence-electron chi connectivity index (χ1n) is 7.59. The van der Waals surface area contributed by atoms with E-state index in [2.05, 4.69) is 16.4 Å². The lowest BCUT2D eigenvalue weighted by atomic mass is 10.1. The minimum Gasteiger partial charge on any atom is -0.349 e. The van der Waals surface area contributed by atoms with Crippen LogP contribution in [0, 0.1) is 0 Å². The molecule has 6 heteroatoms. The number of thioether (sulfide) groups is 1. The molecule has 1 aromatic heterocycles. The Bertz CT molecular complexity index is 817. The summed E-state index contributed by atoms with van der Waals surface area (Å²) in [4.78, 5) is 16.7. The number of carbonyl (C=O) groups is 1. The normalized spacial score (nSPS) is 12.2. The third-order valence-corrected chi connectivity index (χ3v) is 6.05. The Kier molecular flexibility index (Phi) is 5.76. The second kappa shape index (κ2) is 8.01. The number of aromatic nitrogens is 1. The molecule has 0 saturated carbocycles. The van der Waals surface area contributed by atoms with E-state index in [0.717, 1.165) is 21.8 Å². The molecule has 24 heavy (non-hydrogen) atoms. The minimum absolute atomic E-state index is 0.00790. The van der Waals surface area contributed by atoms with E-state index < -0.39 is 0 Å². The van der Waals surface area contributed by atoms with Gasteiger partial charge in [-0.15, -0.1) is 23.1 Å². The number of hydrogen-bond donors (Lipinski definition) is 1. The van der Waals surface area contributed by atoms with Gasteiger partial charge in [0.25, 0.3) is 0 Å². The van der Waals surface area contributed by atoms with E-state index in [1.165, 1.54) is 4.70 Å². The number of para-hydroxylation sites is 1. The molecule has 0 saturated heterocycles. The lowest BCUT2D eigenvalue weighted by Crippen LogP contribution is -2.28. The van der Waals surface area contributed by atoms with E-state index in [4.69, 9.17) is 11.6 Å². The highest BCUT2D eigenvalue weighted by Crippen LogP contribution is 2.25. The molecule has 124 valence electrons. The number of benzene rings is 2. The van der Waals surface area contributed by atoms with E-state index in [-0.39, 0.29) is 11.9 Å². The molecule has 0 aliphatic carbocycles. The van der Waals surface area contributed by atoms with Crippen molar-refractivity contribution in [2.75, 3.05) is 5.75 Å². The van der Waals surface area contributed by atoms with Crippen molar-refractivity contribution in [1.82, 2.24) is 10.3 Å². The molecule has 0 aliphatic rings. The van der Waals surface area contributed by atoms with Gasteiger partial charge in [0, 0.05) is 10.8 Å². The quantitative estimate of drug-likeness (QED) is 0.653. The predicted octanol–water partition coefficient (Wildman–Crippen LogP) is 5.06. The third-order valence-electron chi connectivity index (χ3n) is 3.55. The highest BCUT2D eigenvalue weighted by atomic mass is 35.5. The smallest absolute Gasteiger partial charge is 0.230 e. The standard InChI is InChI=1S/C18H17ClN2OS2/c1-12(13-6-2-3-7-14(13)19)20-17(22)10-23-11-18-21-15-8-4-5-9-16(15)24-18/h2-9,12H,10-11H2,1H3,(H,20,22). The molecule has 0 bridgehead atoms. The van der Waals surface area contributed by atoms with Crippen molar-refractivity contribution >= 4 is 50.8 Å². The van der Waals surface area contributed by atoms with Crippen LogP contribution in [-0.4, -0.2) is 16.6 Å². The number of halogens is 1. The van der Waals surface area contributed by atoms with Crippen molar-refractivity contribution in [3.8, 4) is 0 Å². The van der Waals surface area contributed by atoms with Gasteiger partial charge in [-0.25, -0.2) is 4.98 Å². The summed E-state index contributed by atoms with van der Waals surface area (Å²) in [6, 6.07) is 15.6. The molecule has 0 aliphatic heterocycles. The van der Waals surface area contributed by atoms with Crippen LogP contribution in [0.4, 0.5) is 0 Å². The Balaban J connectivity index is 1.49. The number of carbonyl (C=O) groups excluding carboxylic acids is 1. The van der Waals surface area contributed by atoms with Crippen molar-refractivity contribution in [3.63, 3.8) is 0 Å². The molecular weight excluding hydrogens is 360 g/mol. The first-order chi connectivity index (χ1) is 11.6. The number of thiazole rings is 1. The molecule has 1 heterocycles. The van der Waals surface area contributed by atoms with Crippen molar-refractivity contribution in [1.29, 1.82) is 0 Å². The third kappa shape index (κ3) is 4.29. The largest absolute Gasteiger partial charge is 0.349 e. The van der Waals surface area contributed by atoms with Crippen LogP contribution in [0.15, 0.2) is 48.5 Å². The highest BCUT2D eigenvalue weighted by Gasteiger charge is 2.12. The number of amides is 1. The van der Waals surface area contributed by atoms with Crippen LogP contribution < -0.4 is 5.32 Å². The molecule has 1 unspecified atom stereocenters. The maximum atomic E-state index is 12.1. The minimum atomic E-state index is -0.103. The Morgan fingerprint density at radius 2 is 2.00 bits per heavy atom. The molecule has 1 N–H and O–H groups in total. The zero-order valence-electron chi connectivity index (χ0n) is 13.2. The summed E-state index contributed by atoms with van der Waals surface area (Å²) in [5.41, 5.74) is 1.96. The van der Waals surface area contributed by atoms with Crippen LogP contribution in [0.5, 0.6) is 0 Å². The number of fused-ring (bicyclic) bond motifs is 1. The second-order valence-electron chi connectivity index (χ2n) is 5.38. The summed E-state index contributed by atoms with van der Waals surface area (Å²) in [6.45, 7) is 1.94. The van der Waals surface area contributed by atoms with E-state index in [0.29, 0.717) is 10.8 Å². The fourth-order valence-electron chi connectivity index (χ4n) is 2.40. The van der Waals surface area contributed by atoms with Gasteiger partial charge in [0.15, 0.2) is 0 Å². The van der Waals surface area contributed by atoms with Gasteiger partial charge in [-0.05, 0) is 30.7 Å². The molecular formula is C18H17ClN2OS2. The molecule has 0 radical (unpaired) electrons. The van der Waals surface area contributed by atoms with Crippen LogP contribution >= 0.6 is 34.7 Å². The van der Waals surface area contributed by atoms with Gasteiger partial charge in [-0.2, -0.15) is 0 Å². The van der Waals surface area contributed by atoms with E-state index in [1.807, 2.05) is 49.4 Å². The van der Waals surface area contributed by atoms with Crippen LogP contribution in [0.1, 0.15) is 23.5 Å². The van der Waals surface area contributed by atoms with Gasteiger partial charge in [-0.1, -0.05) is 41.9 Å². The molecule has 1 atom stereocenters. The second-order valence-corrected chi connectivity index (χ2v) is 7.89. The van der Waals surface area contributed by atoms with Crippen LogP contribution in [-0.2, 0) is 10.5 Å². The van der Waals surface area contributed by atoms with Crippen LogP contribution in [0.2, 0.25) is 5.02 Å². The predicted molar refractivity (Wildman–Crippen MR) is 104 cm³/mol. The van der Waals surface area contributed by atoms with Gasteiger partial charge in [-0.3, -0.25) is 4.79 Å². The molecule has 3 nitrogen and oxygen atoms in total. The molecule has 0 fully saturated rings. The van der Waals surface area contributed by atoms with Gasteiger partial charge in [0.2, 0.25) is 5.91 Å². The fraction of sp³-hybridized carbons (Fsp3) is 0.222. The Morgan fingerprint density at radius 1 is 1.25 bits per heavy atom. The maximum Gasteiger partial charge on any atom is 0.230 e. The van der Waals surface area contributed by atoms with Crippen molar-refractivity contribution in [2.24, 2.45) is 0 Å². The Labute approximate surface area is 154 Å². The summed E-state index contributed by atoms with van der Waals surface area (Å²) < 4.78 is 1.19. The van der Waals surface area contributed by atoms with E-state index in [1.54, 1.807) is 23.1 Å². The summed E-state index contributed by atoms with van der Waals surface area (Å²) in [6.07, 6.45) is 0. The first kappa shape index (κ1) is 17.3. The molecule has 1 amide bonds. The SMILES string of the molecule is CC(NC(=O)CSCc1nc2ccccc2s1)c1ccccc1Cl. The van der Waals surface area contributed by atoms with E-state index in [9.17, 15) is 4.79 Å². The summed E-state index contributed by atoms with van der Waals surface area (Å²) in [5.74, 6) is 1.16. The average Bonchev–Trinajstić information content (AvgIpc) is 2.97. The Morgan fingerprint density at radius 3 is 2.79 bits per heavy atom. The van der Waals surface area contributed by atoms with Gasteiger partial charge in [0.05, 0.1) is 22.0 Å². The number of nitrogens with one attached hydrogen (secondary N) is 1. The zero-order chi connectivity index (χ0) is 16.9. The summed E-state index contributed by atoms with van der Waals surface area (Å²) in [5, 5.41) is 4.71. The van der Waals surface area contributed by atoms with Crippen molar-refractivity contribution < 1.29 is 4.79 Å². The van der Waals surface area contributed by atoms with Crippen LogP contribution in [0.25, 0.3) is 10.2 Å². The lowest BCUT2D eigenvalue weighted by molar-refractivity contribution is -0.119. The number of nitrogens with zero attached hydrogens (tertiary/aromatic N) is 1. The van der Waals surface area contributed by atoms with Crippen molar-refractivity contribution in [3.05, 3.63) is 64.1 Å². The van der Waals surface area contributed by atoms with Crippen LogP contribution in [0.3, 0.4) is 0 Å². The summed E-state index contributed by atoms with van der Waals surface area (Å²) >= 11 is 9.42.